The van der Waals surface area contributed by atoms with Crippen molar-refractivity contribution in [2.45, 2.75) is 26.0 Å². The second-order valence-electron chi connectivity index (χ2n) is 7.17. The molecule has 1 atom stereocenters. The molecule has 0 fully saturated rings. The van der Waals surface area contributed by atoms with Gasteiger partial charge in [0.15, 0.2) is 0 Å². The molecule has 0 aliphatic carbocycles. The maximum Gasteiger partial charge on any atom is 0.119 e. The van der Waals surface area contributed by atoms with E-state index in [-0.39, 0.29) is 6.10 Å². The number of para-hydroxylation sites is 1. The summed E-state index contributed by atoms with van der Waals surface area (Å²) in [5, 5.41) is 0. The summed E-state index contributed by atoms with van der Waals surface area (Å²) >= 11 is 0. The van der Waals surface area contributed by atoms with Crippen LogP contribution in [0.2, 0.25) is 0 Å². The molecule has 0 aromatic heterocycles. The number of rotatable bonds is 11. The second-order valence-corrected chi connectivity index (χ2v) is 7.17. The average Bonchev–Trinajstić information content (AvgIpc) is 2.79. The van der Waals surface area contributed by atoms with Gasteiger partial charge in [-0.15, -0.1) is 0 Å². The Morgan fingerprint density at radius 1 is 0.759 bits per heavy atom. The summed E-state index contributed by atoms with van der Waals surface area (Å²) in [6.07, 6.45) is -0.0491. The van der Waals surface area contributed by atoms with Crippen LogP contribution >= 0.6 is 0 Å². The lowest BCUT2D eigenvalue weighted by molar-refractivity contribution is 0.0461. The fraction of sp³-hybridized carbons (Fsp3) is 0.308. The standard InChI is InChI=1S/C26H31NO2/c1-3-27(22(2)21-29-25-17-11-6-12-18-25)19-20-28-26(23-13-7-4-8-14-23)24-15-9-5-10-16-24/h4-18,22,26H,3,19-21H2,1-2H3. The van der Waals surface area contributed by atoms with Crippen molar-refractivity contribution in [1.29, 1.82) is 0 Å². The van der Waals surface area contributed by atoms with Crippen LogP contribution in [0.25, 0.3) is 0 Å². The van der Waals surface area contributed by atoms with E-state index in [1.54, 1.807) is 0 Å². The van der Waals surface area contributed by atoms with Gasteiger partial charge in [-0.3, -0.25) is 4.90 Å². The molecule has 0 spiro atoms. The van der Waals surface area contributed by atoms with Crippen molar-refractivity contribution in [3.63, 3.8) is 0 Å². The minimum absolute atomic E-state index is 0.0491. The van der Waals surface area contributed by atoms with Crippen LogP contribution in [0.4, 0.5) is 0 Å². The molecule has 152 valence electrons. The van der Waals surface area contributed by atoms with E-state index in [0.29, 0.717) is 19.3 Å². The summed E-state index contributed by atoms with van der Waals surface area (Å²) in [5.41, 5.74) is 2.37. The molecule has 29 heavy (non-hydrogen) atoms. The van der Waals surface area contributed by atoms with E-state index in [1.165, 1.54) is 11.1 Å². The molecular weight excluding hydrogens is 358 g/mol. The highest BCUT2D eigenvalue weighted by atomic mass is 16.5. The maximum atomic E-state index is 6.38. The Hall–Kier alpha value is -2.62. The summed E-state index contributed by atoms with van der Waals surface area (Å²) in [6.45, 7) is 7.55. The second kappa shape index (κ2) is 11.4. The van der Waals surface area contributed by atoms with Crippen molar-refractivity contribution in [2.75, 3.05) is 26.3 Å². The first-order valence-electron chi connectivity index (χ1n) is 10.4. The molecule has 3 rings (SSSR count). The lowest BCUT2D eigenvalue weighted by atomic mass is 10.0. The van der Waals surface area contributed by atoms with Crippen LogP contribution in [0.3, 0.4) is 0 Å². The third kappa shape index (κ3) is 6.45. The van der Waals surface area contributed by atoms with E-state index in [1.807, 2.05) is 42.5 Å². The first kappa shape index (κ1) is 21.1. The molecule has 3 heteroatoms. The van der Waals surface area contributed by atoms with Crippen molar-refractivity contribution < 1.29 is 9.47 Å². The van der Waals surface area contributed by atoms with Gasteiger partial charge in [-0.1, -0.05) is 85.8 Å². The average molecular weight is 390 g/mol. The molecule has 3 aromatic carbocycles. The molecule has 0 amide bonds. The van der Waals surface area contributed by atoms with Crippen LogP contribution in [0.5, 0.6) is 5.75 Å². The SMILES string of the molecule is CCN(CCOC(c1ccccc1)c1ccccc1)C(C)COc1ccccc1. The molecule has 0 heterocycles. The molecule has 0 aliphatic heterocycles. The molecule has 0 saturated heterocycles. The lowest BCUT2D eigenvalue weighted by Gasteiger charge is -2.28. The predicted molar refractivity (Wildman–Crippen MR) is 119 cm³/mol. The number of hydrogen-bond donors (Lipinski definition) is 0. The van der Waals surface area contributed by atoms with Crippen LogP contribution in [0, 0.1) is 0 Å². The fourth-order valence-corrected chi connectivity index (χ4v) is 3.46. The minimum Gasteiger partial charge on any atom is -0.492 e. The molecule has 0 bridgehead atoms. The third-order valence-corrected chi connectivity index (χ3v) is 5.13. The van der Waals surface area contributed by atoms with Crippen molar-refractivity contribution >= 4 is 0 Å². The Bertz CT molecular complexity index is 768. The Labute approximate surface area is 174 Å². The van der Waals surface area contributed by atoms with Crippen LogP contribution in [0.1, 0.15) is 31.1 Å². The molecule has 0 radical (unpaired) electrons. The van der Waals surface area contributed by atoms with Gasteiger partial charge in [-0.25, -0.2) is 0 Å². The van der Waals surface area contributed by atoms with Crippen LogP contribution in [0.15, 0.2) is 91.0 Å². The quantitative estimate of drug-likeness (QED) is 0.427. The Morgan fingerprint density at radius 2 is 1.28 bits per heavy atom. The Morgan fingerprint density at radius 3 is 1.79 bits per heavy atom. The van der Waals surface area contributed by atoms with Gasteiger partial charge >= 0.3 is 0 Å². The normalized spacial score (nSPS) is 12.3. The van der Waals surface area contributed by atoms with E-state index < -0.39 is 0 Å². The van der Waals surface area contributed by atoms with E-state index in [9.17, 15) is 0 Å². The molecule has 3 aromatic rings. The summed E-state index contributed by atoms with van der Waals surface area (Å²) in [6, 6.07) is 31.2. The topological polar surface area (TPSA) is 21.7 Å². The van der Waals surface area contributed by atoms with Gasteiger partial charge in [-0.05, 0) is 36.7 Å². The summed E-state index contributed by atoms with van der Waals surface area (Å²) in [7, 11) is 0. The maximum absolute atomic E-state index is 6.38. The van der Waals surface area contributed by atoms with E-state index >= 15 is 0 Å². The number of nitrogens with zero attached hydrogens (tertiary/aromatic N) is 1. The number of likely N-dealkylation sites (N-methyl/N-ethyl adjacent to an activating group) is 1. The highest BCUT2D eigenvalue weighted by Crippen LogP contribution is 2.25. The number of hydrogen-bond acceptors (Lipinski definition) is 3. The van der Waals surface area contributed by atoms with E-state index in [4.69, 9.17) is 9.47 Å². The first-order valence-corrected chi connectivity index (χ1v) is 10.4. The molecule has 0 N–H and O–H groups in total. The Kier molecular flexibility index (Phi) is 8.29. The monoisotopic (exact) mass is 389 g/mol. The van der Waals surface area contributed by atoms with Gasteiger partial charge < -0.3 is 9.47 Å². The van der Waals surface area contributed by atoms with Crippen LogP contribution in [-0.4, -0.2) is 37.2 Å². The molecule has 0 saturated carbocycles. The summed E-state index contributed by atoms with van der Waals surface area (Å²) < 4.78 is 12.3. The lowest BCUT2D eigenvalue weighted by Crippen LogP contribution is -2.39. The predicted octanol–water partition coefficient (Wildman–Crippen LogP) is 5.58. The largest absolute Gasteiger partial charge is 0.492 e. The van der Waals surface area contributed by atoms with E-state index in [2.05, 4.69) is 67.3 Å². The van der Waals surface area contributed by atoms with Gasteiger partial charge in [0.1, 0.15) is 18.5 Å². The molecular formula is C26H31NO2. The van der Waals surface area contributed by atoms with Gasteiger partial charge in [0.2, 0.25) is 0 Å². The van der Waals surface area contributed by atoms with Crippen LogP contribution in [-0.2, 0) is 4.74 Å². The van der Waals surface area contributed by atoms with Gasteiger partial charge in [0.05, 0.1) is 6.61 Å². The smallest absolute Gasteiger partial charge is 0.119 e. The fourth-order valence-electron chi connectivity index (χ4n) is 3.46. The highest BCUT2D eigenvalue weighted by molar-refractivity contribution is 5.29. The summed E-state index contributed by atoms with van der Waals surface area (Å²) in [4.78, 5) is 2.40. The minimum atomic E-state index is -0.0491. The molecule has 3 nitrogen and oxygen atoms in total. The van der Waals surface area contributed by atoms with E-state index in [0.717, 1.165) is 18.8 Å². The zero-order valence-electron chi connectivity index (χ0n) is 17.4. The highest BCUT2D eigenvalue weighted by Gasteiger charge is 2.17. The summed E-state index contributed by atoms with van der Waals surface area (Å²) in [5.74, 6) is 0.917. The molecule has 0 aliphatic rings. The number of benzene rings is 3. The van der Waals surface area contributed by atoms with Crippen molar-refractivity contribution in [2.24, 2.45) is 0 Å². The van der Waals surface area contributed by atoms with Gasteiger partial charge in [-0.2, -0.15) is 0 Å². The number of ether oxygens (including phenoxy) is 2. The zero-order chi connectivity index (χ0) is 20.3. The van der Waals surface area contributed by atoms with Crippen molar-refractivity contribution in [3.05, 3.63) is 102 Å². The third-order valence-electron chi connectivity index (χ3n) is 5.13. The Balaban J connectivity index is 1.56. The van der Waals surface area contributed by atoms with Crippen molar-refractivity contribution in [1.82, 2.24) is 4.90 Å². The van der Waals surface area contributed by atoms with Gasteiger partial charge in [0, 0.05) is 12.6 Å². The first-order chi connectivity index (χ1) is 14.3. The molecule has 1 unspecified atom stereocenters. The zero-order valence-corrected chi connectivity index (χ0v) is 17.4. The van der Waals surface area contributed by atoms with Gasteiger partial charge in [0.25, 0.3) is 0 Å². The van der Waals surface area contributed by atoms with Crippen LogP contribution < -0.4 is 4.74 Å². The van der Waals surface area contributed by atoms with Crippen molar-refractivity contribution in [3.8, 4) is 5.75 Å².